The summed E-state index contributed by atoms with van der Waals surface area (Å²) in [4.78, 5) is 4.62. The third-order valence-corrected chi connectivity index (χ3v) is 5.07. The van der Waals surface area contributed by atoms with E-state index in [0.29, 0.717) is 17.3 Å². The smallest absolute Gasteiger partial charge is 0.261 e. The minimum Gasteiger partial charge on any atom is -0.497 e. The fourth-order valence-electron chi connectivity index (χ4n) is 2.45. The number of para-hydroxylation sites is 1. The van der Waals surface area contributed by atoms with Gasteiger partial charge in [0.1, 0.15) is 11.6 Å². The standard InChI is InChI=1S/C17H19N3O3S/c1-23-13-7-9-14(10-8-13)24(21,22)20-16-6-3-2-5-15(16)17-18-11-4-12-19-17/h2-3,5-10,20H,4,11-12H2,1H3,(H,18,19). The fourth-order valence-corrected chi connectivity index (χ4v) is 3.53. The predicted molar refractivity (Wildman–Crippen MR) is 94.3 cm³/mol. The van der Waals surface area contributed by atoms with E-state index in [0.717, 1.165) is 25.1 Å². The van der Waals surface area contributed by atoms with Crippen LogP contribution in [0.3, 0.4) is 0 Å². The topological polar surface area (TPSA) is 79.8 Å². The zero-order chi connectivity index (χ0) is 17.0. The van der Waals surface area contributed by atoms with Gasteiger partial charge in [0.25, 0.3) is 10.0 Å². The second-order valence-corrected chi connectivity index (χ2v) is 7.02. The van der Waals surface area contributed by atoms with Crippen LogP contribution in [0.1, 0.15) is 12.0 Å². The first-order valence-corrected chi connectivity index (χ1v) is 9.13. The van der Waals surface area contributed by atoms with Crippen molar-refractivity contribution in [2.45, 2.75) is 11.3 Å². The summed E-state index contributed by atoms with van der Waals surface area (Å²) in [6.45, 7) is 1.57. The molecule has 0 fully saturated rings. The Kier molecular flexibility index (Phi) is 4.71. The lowest BCUT2D eigenvalue weighted by atomic mass is 10.1. The van der Waals surface area contributed by atoms with Crippen LogP contribution in [-0.4, -0.2) is 34.5 Å². The zero-order valence-corrected chi connectivity index (χ0v) is 14.1. The first-order chi connectivity index (χ1) is 11.6. The summed E-state index contributed by atoms with van der Waals surface area (Å²) >= 11 is 0. The van der Waals surface area contributed by atoms with E-state index in [4.69, 9.17) is 4.74 Å². The van der Waals surface area contributed by atoms with Crippen LogP contribution >= 0.6 is 0 Å². The Morgan fingerprint density at radius 2 is 1.88 bits per heavy atom. The first kappa shape index (κ1) is 16.3. The van der Waals surface area contributed by atoms with Crippen LogP contribution in [0.4, 0.5) is 5.69 Å². The molecule has 0 saturated carbocycles. The largest absolute Gasteiger partial charge is 0.497 e. The van der Waals surface area contributed by atoms with Gasteiger partial charge in [-0.1, -0.05) is 12.1 Å². The normalized spacial score (nSPS) is 14.5. The Balaban J connectivity index is 1.91. The Morgan fingerprint density at radius 1 is 1.12 bits per heavy atom. The summed E-state index contributed by atoms with van der Waals surface area (Å²) in [7, 11) is -2.15. The molecule has 24 heavy (non-hydrogen) atoms. The maximum atomic E-state index is 12.6. The number of hydrogen-bond donors (Lipinski definition) is 2. The highest BCUT2D eigenvalue weighted by molar-refractivity contribution is 7.92. The average Bonchev–Trinajstić information content (AvgIpc) is 2.63. The Labute approximate surface area is 141 Å². The monoisotopic (exact) mass is 345 g/mol. The number of ether oxygens (including phenoxy) is 1. The lowest BCUT2D eigenvalue weighted by Crippen LogP contribution is -2.31. The summed E-state index contributed by atoms with van der Waals surface area (Å²) in [5.41, 5.74) is 1.25. The van der Waals surface area contributed by atoms with Crippen molar-refractivity contribution in [1.29, 1.82) is 0 Å². The van der Waals surface area contributed by atoms with E-state index in [1.807, 2.05) is 12.1 Å². The summed E-state index contributed by atoms with van der Waals surface area (Å²) < 4.78 is 33.0. The van der Waals surface area contributed by atoms with Crippen LogP contribution in [-0.2, 0) is 10.0 Å². The van der Waals surface area contributed by atoms with Gasteiger partial charge in [-0.25, -0.2) is 8.42 Å². The first-order valence-electron chi connectivity index (χ1n) is 7.65. The molecular weight excluding hydrogens is 326 g/mol. The highest BCUT2D eigenvalue weighted by Crippen LogP contribution is 2.22. The van der Waals surface area contributed by atoms with Gasteiger partial charge in [-0.05, 0) is 42.8 Å². The second-order valence-electron chi connectivity index (χ2n) is 5.34. The maximum Gasteiger partial charge on any atom is 0.261 e. The highest BCUT2D eigenvalue weighted by atomic mass is 32.2. The van der Waals surface area contributed by atoms with Crippen molar-refractivity contribution < 1.29 is 13.2 Å². The second kappa shape index (κ2) is 6.92. The van der Waals surface area contributed by atoms with E-state index in [1.54, 1.807) is 24.3 Å². The summed E-state index contributed by atoms with van der Waals surface area (Å²) in [6.07, 6.45) is 0.975. The van der Waals surface area contributed by atoms with Crippen molar-refractivity contribution in [1.82, 2.24) is 5.32 Å². The molecule has 1 heterocycles. The van der Waals surface area contributed by atoms with Crippen molar-refractivity contribution in [2.75, 3.05) is 24.9 Å². The number of anilines is 1. The molecule has 0 unspecified atom stereocenters. The number of methoxy groups -OCH3 is 1. The molecule has 0 aromatic heterocycles. The van der Waals surface area contributed by atoms with Crippen molar-refractivity contribution in [3.63, 3.8) is 0 Å². The van der Waals surface area contributed by atoms with E-state index in [2.05, 4.69) is 15.0 Å². The summed E-state index contributed by atoms with van der Waals surface area (Å²) in [6, 6.07) is 13.5. The molecule has 0 spiro atoms. The SMILES string of the molecule is COc1ccc(S(=O)(=O)Nc2ccccc2C2=NCCCN2)cc1. The van der Waals surface area contributed by atoms with Gasteiger partial charge in [-0.3, -0.25) is 9.71 Å². The molecule has 7 heteroatoms. The van der Waals surface area contributed by atoms with E-state index in [9.17, 15) is 8.42 Å². The molecule has 2 N–H and O–H groups in total. The number of benzene rings is 2. The molecule has 1 aliphatic heterocycles. The fraction of sp³-hybridized carbons (Fsp3) is 0.235. The number of hydrogen-bond acceptors (Lipinski definition) is 5. The van der Waals surface area contributed by atoms with Gasteiger partial charge in [0, 0.05) is 18.7 Å². The minimum atomic E-state index is -3.69. The Bertz CT molecular complexity index is 846. The number of nitrogens with zero attached hydrogens (tertiary/aromatic N) is 1. The van der Waals surface area contributed by atoms with Gasteiger partial charge < -0.3 is 10.1 Å². The van der Waals surface area contributed by atoms with Crippen LogP contribution in [0, 0.1) is 0 Å². The molecule has 3 rings (SSSR count). The molecule has 0 atom stereocenters. The third kappa shape index (κ3) is 3.51. The molecule has 0 radical (unpaired) electrons. The van der Waals surface area contributed by atoms with Crippen LogP contribution < -0.4 is 14.8 Å². The van der Waals surface area contributed by atoms with E-state index in [-0.39, 0.29) is 4.90 Å². The Hall–Kier alpha value is -2.54. The molecule has 0 saturated heterocycles. The lowest BCUT2D eigenvalue weighted by molar-refractivity contribution is 0.414. The Morgan fingerprint density at radius 3 is 2.54 bits per heavy atom. The van der Waals surface area contributed by atoms with Gasteiger partial charge >= 0.3 is 0 Å². The van der Waals surface area contributed by atoms with Crippen molar-refractivity contribution in [3.8, 4) is 5.75 Å². The number of sulfonamides is 1. The van der Waals surface area contributed by atoms with Crippen LogP contribution in [0.25, 0.3) is 0 Å². The summed E-state index contributed by atoms with van der Waals surface area (Å²) in [5.74, 6) is 1.32. The maximum absolute atomic E-state index is 12.6. The molecule has 2 aromatic rings. The summed E-state index contributed by atoms with van der Waals surface area (Å²) in [5, 5.41) is 3.22. The lowest BCUT2D eigenvalue weighted by Gasteiger charge is -2.18. The number of nitrogens with one attached hydrogen (secondary N) is 2. The number of rotatable bonds is 5. The van der Waals surface area contributed by atoms with Crippen molar-refractivity contribution in [2.24, 2.45) is 4.99 Å². The quantitative estimate of drug-likeness (QED) is 0.871. The highest BCUT2D eigenvalue weighted by Gasteiger charge is 2.18. The minimum absolute atomic E-state index is 0.177. The van der Waals surface area contributed by atoms with Gasteiger partial charge in [0.2, 0.25) is 0 Å². The van der Waals surface area contributed by atoms with E-state index < -0.39 is 10.0 Å². The molecule has 0 aliphatic carbocycles. The molecule has 0 bridgehead atoms. The van der Waals surface area contributed by atoms with Crippen molar-refractivity contribution in [3.05, 3.63) is 54.1 Å². The third-order valence-electron chi connectivity index (χ3n) is 3.69. The molecule has 6 nitrogen and oxygen atoms in total. The molecule has 126 valence electrons. The van der Waals surface area contributed by atoms with E-state index in [1.165, 1.54) is 19.2 Å². The van der Waals surface area contributed by atoms with Gasteiger partial charge in [0.15, 0.2) is 0 Å². The van der Waals surface area contributed by atoms with Gasteiger partial charge in [0.05, 0.1) is 17.7 Å². The number of amidine groups is 1. The van der Waals surface area contributed by atoms with Crippen LogP contribution in [0.2, 0.25) is 0 Å². The van der Waals surface area contributed by atoms with Gasteiger partial charge in [-0.2, -0.15) is 0 Å². The molecule has 2 aromatic carbocycles. The predicted octanol–water partition coefficient (Wildman–Crippen LogP) is 2.24. The van der Waals surface area contributed by atoms with Crippen molar-refractivity contribution >= 4 is 21.5 Å². The van der Waals surface area contributed by atoms with E-state index >= 15 is 0 Å². The van der Waals surface area contributed by atoms with Gasteiger partial charge in [-0.15, -0.1) is 0 Å². The van der Waals surface area contributed by atoms with Crippen LogP contribution in [0.5, 0.6) is 5.75 Å². The van der Waals surface area contributed by atoms with Crippen LogP contribution in [0.15, 0.2) is 58.4 Å². The molecule has 0 amide bonds. The zero-order valence-electron chi connectivity index (χ0n) is 13.3. The molecular formula is C17H19N3O3S. The molecule has 1 aliphatic rings. The average molecular weight is 345 g/mol. The number of aliphatic imine (C=N–C) groups is 1.